The smallest absolute Gasteiger partial charge is 0.222 e. The van der Waals surface area contributed by atoms with Crippen molar-refractivity contribution >= 4 is 17.7 Å². The van der Waals surface area contributed by atoms with Gasteiger partial charge in [0.15, 0.2) is 0 Å². The monoisotopic (exact) mass is 350 g/mol. The molecule has 1 N–H and O–H groups in total. The molecule has 6 heteroatoms. The Hall–Kier alpha value is -1.01. The van der Waals surface area contributed by atoms with E-state index in [4.69, 9.17) is 0 Å². The normalized spacial score (nSPS) is 25.5. The molecule has 1 atom stereocenters. The SMILES string of the molecule is CSCCCN1CCCC2(CCC(=O)N(CCc3cnc[nH]3)C2)C1. The standard InChI is InChI=1S/C18H30N4OS/c1-24-11-3-9-21-8-2-6-18(13-21)7-4-17(23)22(14-18)10-5-16-12-19-15-20-16/h12,15H,2-11,13-14H2,1H3,(H,19,20). The maximum atomic E-state index is 12.4. The molecule has 3 heterocycles. The quantitative estimate of drug-likeness (QED) is 0.767. The fraction of sp³-hybridized carbons (Fsp3) is 0.778. The average Bonchev–Trinajstić information content (AvgIpc) is 3.10. The van der Waals surface area contributed by atoms with Crippen molar-refractivity contribution in [2.75, 3.05) is 44.7 Å². The van der Waals surface area contributed by atoms with E-state index >= 15 is 0 Å². The maximum Gasteiger partial charge on any atom is 0.222 e. The molecule has 5 nitrogen and oxygen atoms in total. The van der Waals surface area contributed by atoms with Gasteiger partial charge in [-0.3, -0.25) is 4.79 Å². The number of amides is 1. The number of aromatic amines is 1. The molecule has 2 fully saturated rings. The number of hydrogen-bond donors (Lipinski definition) is 1. The Kier molecular flexibility index (Phi) is 6.22. The van der Waals surface area contributed by atoms with E-state index in [0.717, 1.165) is 38.0 Å². The number of likely N-dealkylation sites (tertiary alicyclic amines) is 2. The van der Waals surface area contributed by atoms with Crippen molar-refractivity contribution in [3.05, 3.63) is 18.2 Å². The summed E-state index contributed by atoms with van der Waals surface area (Å²) >= 11 is 1.94. The van der Waals surface area contributed by atoms with E-state index in [0.29, 0.717) is 11.3 Å². The number of carbonyl (C=O) groups excluding carboxylic acids is 1. The van der Waals surface area contributed by atoms with Crippen LogP contribution in [0.2, 0.25) is 0 Å². The van der Waals surface area contributed by atoms with Crippen LogP contribution in [0.15, 0.2) is 12.5 Å². The number of carbonyl (C=O) groups is 1. The largest absolute Gasteiger partial charge is 0.348 e. The number of piperidine rings is 2. The summed E-state index contributed by atoms with van der Waals surface area (Å²) < 4.78 is 0. The molecule has 0 radical (unpaired) electrons. The molecule has 1 amide bonds. The van der Waals surface area contributed by atoms with Crippen molar-refractivity contribution < 1.29 is 4.79 Å². The average molecular weight is 351 g/mol. The lowest BCUT2D eigenvalue weighted by Gasteiger charge is -2.48. The second kappa shape index (κ2) is 8.39. The molecular formula is C18H30N4OS. The number of aromatic nitrogens is 2. The third kappa shape index (κ3) is 4.54. The first-order chi connectivity index (χ1) is 11.7. The van der Waals surface area contributed by atoms with Gasteiger partial charge in [0.05, 0.1) is 6.33 Å². The zero-order valence-corrected chi connectivity index (χ0v) is 15.6. The minimum Gasteiger partial charge on any atom is -0.348 e. The van der Waals surface area contributed by atoms with Gasteiger partial charge in [-0.15, -0.1) is 0 Å². The minimum atomic E-state index is 0.333. The van der Waals surface area contributed by atoms with Crippen molar-refractivity contribution in [1.82, 2.24) is 19.8 Å². The van der Waals surface area contributed by atoms with Crippen molar-refractivity contribution in [1.29, 1.82) is 0 Å². The van der Waals surface area contributed by atoms with Crippen LogP contribution < -0.4 is 0 Å². The molecule has 0 aliphatic carbocycles. The molecule has 1 aromatic rings. The summed E-state index contributed by atoms with van der Waals surface area (Å²) in [4.78, 5) is 24.3. The fourth-order valence-corrected chi connectivity index (χ4v) is 4.67. The summed E-state index contributed by atoms with van der Waals surface area (Å²) in [5, 5.41) is 0. The van der Waals surface area contributed by atoms with E-state index in [-0.39, 0.29) is 0 Å². The summed E-state index contributed by atoms with van der Waals surface area (Å²) in [6.07, 6.45) is 12.3. The highest BCUT2D eigenvalue weighted by Gasteiger charge is 2.41. The number of hydrogen-bond acceptors (Lipinski definition) is 4. The van der Waals surface area contributed by atoms with Crippen LogP contribution in [0.5, 0.6) is 0 Å². The number of H-pyrrole nitrogens is 1. The molecule has 2 aliphatic rings. The number of rotatable bonds is 7. The zero-order valence-electron chi connectivity index (χ0n) is 14.8. The fourth-order valence-electron chi connectivity index (χ4n) is 4.25. The molecule has 0 saturated carbocycles. The Balaban J connectivity index is 1.55. The van der Waals surface area contributed by atoms with E-state index in [2.05, 4.69) is 26.0 Å². The van der Waals surface area contributed by atoms with Gasteiger partial charge in [0.1, 0.15) is 0 Å². The highest BCUT2D eigenvalue weighted by molar-refractivity contribution is 7.98. The van der Waals surface area contributed by atoms with Gasteiger partial charge in [0.2, 0.25) is 5.91 Å². The van der Waals surface area contributed by atoms with E-state index < -0.39 is 0 Å². The highest BCUT2D eigenvalue weighted by Crippen LogP contribution is 2.38. The number of thioether (sulfide) groups is 1. The third-order valence-corrected chi connectivity index (χ3v) is 6.21. The van der Waals surface area contributed by atoms with Crippen LogP contribution in [0.3, 0.4) is 0 Å². The molecule has 0 aromatic carbocycles. The van der Waals surface area contributed by atoms with Crippen LogP contribution in [-0.2, 0) is 11.2 Å². The molecular weight excluding hydrogens is 320 g/mol. The topological polar surface area (TPSA) is 52.2 Å². The Morgan fingerprint density at radius 1 is 1.33 bits per heavy atom. The predicted molar refractivity (Wildman–Crippen MR) is 99.2 cm³/mol. The molecule has 2 aliphatic heterocycles. The first-order valence-corrected chi connectivity index (χ1v) is 10.6. The maximum absolute atomic E-state index is 12.4. The number of nitrogens with zero attached hydrogens (tertiary/aromatic N) is 3. The lowest BCUT2D eigenvalue weighted by atomic mass is 9.73. The predicted octanol–water partition coefficient (Wildman–Crippen LogP) is 2.41. The number of imidazole rings is 1. The van der Waals surface area contributed by atoms with Gasteiger partial charge in [-0.05, 0) is 50.8 Å². The van der Waals surface area contributed by atoms with Gasteiger partial charge in [-0.1, -0.05) is 0 Å². The Morgan fingerprint density at radius 3 is 3.04 bits per heavy atom. The molecule has 24 heavy (non-hydrogen) atoms. The molecule has 1 unspecified atom stereocenters. The van der Waals surface area contributed by atoms with Crippen LogP contribution >= 0.6 is 11.8 Å². The highest BCUT2D eigenvalue weighted by atomic mass is 32.2. The summed E-state index contributed by atoms with van der Waals surface area (Å²) in [5.41, 5.74) is 1.45. The Labute approximate surface area is 149 Å². The Morgan fingerprint density at radius 2 is 2.25 bits per heavy atom. The first-order valence-electron chi connectivity index (χ1n) is 9.17. The summed E-state index contributed by atoms with van der Waals surface area (Å²) in [7, 11) is 0. The third-order valence-electron chi connectivity index (χ3n) is 5.52. The van der Waals surface area contributed by atoms with E-state index in [1.807, 2.05) is 18.0 Å². The van der Waals surface area contributed by atoms with Crippen molar-refractivity contribution in [3.63, 3.8) is 0 Å². The first kappa shape index (κ1) is 17.8. The van der Waals surface area contributed by atoms with Gasteiger partial charge >= 0.3 is 0 Å². The lowest BCUT2D eigenvalue weighted by molar-refractivity contribution is -0.139. The van der Waals surface area contributed by atoms with Crippen LogP contribution in [0, 0.1) is 5.41 Å². The van der Waals surface area contributed by atoms with Gasteiger partial charge in [-0.2, -0.15) is 11.8 Å². The van der Waals surface area contributed by atoms with Crippen LogP contribution in [0.4, 0.5) is 0 Å². The van der Waals surface area contributed by atoms with E-state index in [1.165, 1.54) is 44.6 Å². The van der Waals surface area contributed by atoms with Crippen LogP contribution in [0.25, 0.3) is 0 Å². The van der Waals surface area contributed by atoms with E-state index in [1.54, 1.807) is 6.33 Å². The lowest BCUT2D eigenvalue weighted by Crippen LogP contribution is -2.54. The van der Waals surface area contributed by atoms with Gasteiger partial charge < -0.3 is 14.8 Å². The molecule has 3 rings (SSSR count). The second-order valence-corrected chi connectivity index (χ2v) is 8.35. The molecule has 0 bridgehead atoms. The molecule has 1 aromatic heterocycles. The minimum absolute atomic E-state index is 0.333. The summed E-state index contributed by atoms with van der Waals surface area (Å²) in [6, 6.07) is 0. The second-order valence-electron chi connectivity index (χ2n) is 7.37. The summed E-state index contributed by atoms with van der Waals surface area (Å²) in [5.74, 6) is 1.58. The van der Waals surface area contributed by atoms with Crippen molar-refractivity contribution in [2.45, 2.75) is 38.5 Å². The van der Waals surface area contributed by atoms with Gasteiger partial charge in [0.25, 0.3) is 0 Å². The molecule has 134 valence electrons. The van der Waals surface area contributed by atoms with Crippen LogP contribution in [-0.4, -0.2) is 70.4 Å². The number of nitrogens with one attached hydrogen (secondary N) is 1. The van der Waals surface area contributed by atoms with Gasteiger partial charge in [-0.25, -0.2) is 4.98 Å². The van der Waals surface area contributed by atoms with Gasteiger partial charge in [0, 0.05) is 49.8 Å². The van der Waals surface area contributed by atoms with Crippen molar-refractivity contribution in [2.24, 2.45) is 5.41 Å². The van der Waals surface area contributed by atoms with Crippen LogP contribution in [0.1, 0.15) is 37.8 Å². The summed E-state index contributed by atoms with van der Waals surface area (Å²) in [6.45, 7) is 5.38. The van der Waals surface area contributed by atoms with E-state index in [9.17, 15) is 4.79 Å². The Bertz CT molecular complexity index is 521. The molecule has 1 spiro atoms. The zero-order chi connectivity index (χ0) is 16.8. The van der Waals surface area contributed by atoms with Crippen molar-refractivity contribution in [3.8, 4) is 0 Å². The molecule has 2 saturated heterocycles.